The number of thiophene rings is 1. The quantitative estimate of drug-likeness (QED) is 0.879. The van der Waals surface area contributed by atoms with Crippen molar-refractivity contribution in [2.75, 3.05) is 26.2 Å². The molecule has 2 aromatic rings. The van der Waals surface area contributed by atoms with E-state index in [1.54, 1.807) is 17.4 Å². The van der Waals surface area contributed by atoms with Crippen LogP contribution < -0.4 is 5.32 Å². The molecule has 1 aromatic carbocycles. The van der Waals surface area contributed by atoms with E-state index in [1.807, 2.05) is 25.1 Å². The Hall–Kier alpha value is -0.650. The van der Waals surface area contributed by atoms with Crippen LogP contribution >= 0.6 is 35.3 Å². The van der Waals surface area contributed by atoms with Crippen LogP contribution in [0.1, 0.15) is 22.0 Å². The Kier molecular flexibility index (Phi) is 6.24. The lowest BCUT2D eigenvalue weighted by Gasteiger charge is -2.35. The Morgan fingerprint density at radius 2 is 1.95 bits per heavy atom. The summed E-state index contributed by atoms with van der Waals surface area (Å²) in [5, 5.41) is 3.37. The first-order valence-corrected chi connectivity index (χ1v) is 8.30. The average molecular weight is 361 g/mol. The first-order chi connectivity index (χ1) is 10.1. The highest BCUT2D eigenvalue weighted by molar-refractivity contribution is 7.16. The summed E-state index contributed by atoms with van der Waals surface area (Å²) in [6.07, 6.45) is 0. The van der Waals surface area contributed by atoms with E-state index in [1.165, 1.54) is 4.88 Å². The molecule has 1 aliphatic heterocycles. The van der Waals surface area contributed by atoms with Crippen LogP contribution in [-0.4, -0.2) is 31.1 Å². The van der Waals surface area contributed by atoms with Gasteiger partial charge in [-0.25, -0.2) is 4.39 Å². The summed E-state index contributed by atoms with van der Waals surface area (Å²) in [4.78, 5) is 3.65. The third-order valence-corrected chi connectivity index (χ3v) is 5.16. The van der Waals surface area contributed by atoms with Gasteiger partial charge in [0, 0.05) is 31.1 Å². The molecule has 22 heavy (non-hydrogen) atoms. The van der Waals surface area contributed by atoms with Crippen molar-refractivity contribution in [2.24, 2.45) is 0 Å². The Morgan fingerprint density at radius 1 is 1.23 bits per heavy atom. The van der Waals surface area contributed by atoms with E-state index in [9.17, 15) is 4.39 Å². The minimum absolute atomic E-state index is 0. The van der Waals surface area contributed by atoms with Crippen molar-refractivity contribution in [1.29, 1.82) is 0 Å². The van der Waals surface area contributed by atoms with Crippen molar-refractivity contribution in [3.05, 3.63) is 56.5 Å². The van der Waals surface area contributed by atoms with Gasteiger partial charge in [-0.3, -0.25) is 4.90 Å². The first-order valence-electron chi connectivity index (χ1n) is 7.11. The molecule has 0 aliphatic carbocycles. The fourth-order valence-electron chi connectivity index (χ4n) is 2.81. The molecular weight excluding hydrogens is 342 g/mol. The number of piperazine rings is 1. The Bertz CT molecular complexity index is 626. The first kappa shape index (κ1) is 17.7. The van der Waals surface area contributed by atoms with Gasteiger partial charge in [-0.15, -0.1) is 23.7 Å². The second-order valence-electron chi connectivity index (χ2n) is 5.34. The molecule has 2 nitrogen and oxygen atoms in total. The smallest absolute Gasteiger partial charge is 0.126 e. The van der Waals surface area contributed by atoms with E-state index in [0.29, 0.717) is 5.56 Å². The van der Waals surface area contributed by atoms with Gasteiger partial charge in [0.2, 0.25) is 0 Å². The van der Waals surface area contributed by atoms with Crippen molar-refractivity contribution in [1.82, 2.24) is 10.2 Å². The highest BCUT2D eigenvalue weighted by Gasteiger charge is 2.25. The molecule has 1 saturated heterocycles. The number of nitrogens with zero attached hydrogens (tertiary/aromatic N) is 1. The van der Waals surface area contributed by atoms with Crippen molar-refractivity contribution >= 4 is 35.3 Å². The minimum atomic E-state index is -0.151. The van der Waals surface area contributed by atoms with Crippen molar-refractivity contribution in [2.45, 2.75) is 13.0 Å². The summed E-state index contributed by atoms with van der Waals surface area (Å²) in [6, 6.07) is 9.59. The number of benzene rings is 1. The molecular formula is C16H19Cl2FN2S. The molecule has 1 aromatic heterocycles. The van der Waals surface area contributed by atoms with Crippen LogP contribution in [0.2, 0.25) is 4.34 Å². The molecule has 0 saturated carbocycles. The lowest BCUT2D eigenvalue weighted by molar-refractivity contribution is 0.200. The highest BCUT2D eigenvalue weighted by atomic mass is 35.5. The summed E-state index contributed by atoms with van der Waals surface area (Å²) in [6.45, 7) is 5.74. The van der Waals surface area contributed by atoms with Crippen LogP contribution in [0.4, 0.5) is 4.39 Å². The van der Waals surface area contributed by atoms with E-state index in [0.717, 1.165) is 36.1 Å². The summed E-state index contributed by atoms with van der Waals surface area (Å²) >= 11 is 7.72. The number of hydrogen-bond donors (Lipinski definition) is 1. The van der Waals surface area contributed by atoms with Gasteiger partial charge in [0.25, 0.3) is 0 Å². The molecule has 1 fully saturated rings. The molecule has 3 rings (SSSR count). The zero-order chi connectivity index (χ0) is 14.8. The molecule has 0 unspecified atom stereocenters. The molecule has 0 amide bonds. The standard InChI is InChI=1S/C16H18ClFN2S.ClH/c1-11-10-12(2-3-13(11)18)16(14-4-5-15(17)21-14)20-8-6-19-7-9-20;/h2-5,10,16,19H,6-9H2,1H3;1H/t16-;/m1./s1. The zero-order valence-electron chi connectivity index (χ0n) is 12.3. The van der Waals surface area contributed by atoms with Gasteiger partial charge in [0.15, 0.2) is 0 Å². The highest BCUT2D eigenvalue weighted by Crippen LogP contribution is 2.35. The maximum Gasteiger partial charge on any atom is 0.126 e. The second kappa shape index (κ2) is 7.75. The predicted molar refractivity (Wildman–Crippen MR) is 94.0 cm³/mol. The third-order valence-electron chi connectivity index (χ3n) is 3.88. The maximum atomic E-state index is 13.6. The number of hydrogen-bond acceptors (Lipinski definition) is 3. The van der Waals surface area contributed by atoms with Crippen LogP contribution in [0, 0.1) is 12.7 Å². The average Bonchev–Trinajstić information content (AvgIpc) is 2.90. The van der Waals surface area contributed by atoms with E-state index in [-0.39, 0.29) is 24.3 Å². The summed E-state index contributed by atoms with van der Waals surface area (Å²) in [7, 11) is 0. The van der Waals surface area contributed by atoms with Crippen LogP contribution in [0.5, 0.6) is 0 Å². The Labute approximate surface area is 145 Å². The molecule has 6 heteroatoms. The fourth-order valence-corrected chi connectivity index (χ4v) is 4.03. The molecule has 1 N–H and O–H groups in total. The molecule has 1 aliphatic rings. The zero-order valence-corrected chi connectivity index (χ0v) is 14.7. The van der Waals surface area contributed by atoms with Crippen LogP contribution in [-0.2, 0) is 0 Å². The second-order valence-corrected chi connectivity index (χ2v) is 7.09. The number of halogens is 3. The lowest BCUT2D eigenvalue weighted by atomic mass is 10.0. The van der Waals surface area contributed by atoms with Gasteiger partial charge >= 0.3 is 0 Å². The normalized spacial score (nSPS) is 17.0. The van der Waals surface area contributed by atoms with E-state index < -0.39 is 0 Å². The summed E-state index contributed by atoms with van der Waals surface area (Å²) in [5.41, 5.74) is 1.82. The van der Waals surface area contributed by atoms with Gasteiger partial charge in [-0.05, 0) is 36.2 Å². The van der Waals surface area contributed by atoms with Crippen molar-refractivity contribution < 1.29 is 4.39 Å². The molecule has 0 radical (unpaired) electrons. The summed E-state index contributed by atoms with van der Waals surface area (Å²) in [5.74, 6) is -0.151. The molecule has 0 bridgehead atoms. The topological polar surface area (TPSA) is 15.3 Å². The van der Waals surface area contributed by atoms with Crippen LogP contribution in [0.3, 0.4) is 0 Å². The SMILES string of the molecule is Cc1cc([C@H](c2ccc(Cl)s2)N2CCNCC2)ccc1F.Cl. The number of rotatable bonds is 3. The van der Waals surface area contributed by atoms with Gasteiger partial charge in [0.05, 0.1) is 10.4 Å². The summed E-state index contributed by atoms with van der Waals surface area (Å²) < 4.78 is 14.4. The lowest BCUT2D eigenvalue weighted by Crippen LogP contribution is -2.45. The number of aryl methyl sites for hydroxylation is 1. The predicted octanol–water partition coefficient (Wildman–Crippen LogP) is 4.27. The molecule has 0 spiro atoms. The molecule has 1 atom stereocenters. The van der Waals surface area contributed by atoms with Gasteiger partial charge in [-0.2, -0.15) is 0 Å². The van der Waals surface area contributed by atoms with Gasteiger partial charge in [0.1, 0.15) is 5.82 Å². The van der Waals surface area contributed by atoms with Gasteiger partial charge < -0.3 is 5.32 Å². The third kappa shape index (κ3) is 3.81. The largest absolute Gasteiger partial charge is 0.314 e. The molecule has 120 valence electrons. The van der Waals surface area contributed by atoms with Crippen LogP contribution in [0.25, 0.3) is 0 Å². The monoisotopic (exact) mass is 360 g/mol. The number of nitrogens with one attached hydrogen (secondary N) is 1. The molecule has 2 heterocycles. The van der Waals surface area contributed by atoms with E-state index in [4.69, 9.17) is 11.6 Å². The minimum Gasteiger partial charge on any atom is -0.314 e. The van der Waals surface area contributed by atoms with Crippen molar-refractivity contribution in [3.63, 3.8) is 0 Å². The maximum absolute atomic E-state index is 13.6. The fraction of sp³-hybridized carbons (Fsp3) is 0.375. The Morgan fingerprint density at radius 3 is 2.55 bits per heavy atom. The van der Waals surface area contributed by atoms with E-state index >= 15 is 0 Å². The van der Waals surface area contributed by atoms with Gasteiger partial charge in [-0.1, -0.05) is 23.7 Å². The van der Waals surface area contributed by atoms with Crippen molar-refractivity contribution in [3.8, 4) is 0 Å². The Balaban J connectivity index is 0.00000176. The van der Waals surface area contributed by atoms with Crippen LogP contribution in [0.15, 0.2) is 30.3 Å². The van der Waals surface area contributed by atoms with E-state index in [2.05, 4.69) is 16.3 Å².